The minimum Gasteiger partial charge on any atom is -0.376 e. The van der Waals surface area contributed by atoms with Crippen LogP contribution in [0.2, 0.25) is 0 Å². The molecule has 1 heterocycles. The summed E-state index contributed by atoms with van der Waals surface area (Å²) in [7, 11) is 1.84. The lowest BCUT2D eigenvalue weighted by Gasteiger charge is -2.21. The molecule has 4 N–H and O–H groups in total. The molecular formula is C19H19FN4O. The molecule has 0 unspecified atom stereocenters. The fourth-order valence-corrected chi connectivity index (χ4v) is 2.87. The van der Waals surface area contributed by atoms with Gasteiger partial charge in [-0.05, 0) is 36.9 Å². The normalized spacial score (nSPS) is 12.1. The molecule has 1 atom stereocenters. The number of pyridine rings is 1. The van der Waals surface area contributed by atoms with Crippen LogP contribution >= 0.6 is 0 Å². The first-order valence-electron chi connectivity index (χ1n) is 7.94. The molecule has 5 nitrogen and oxygen atoms in total. The van der Waals surface area contributed by atoms with Gasteiger partial charge in [-0.1, -0.05) is 24.3 Å². The van der Waals surface area contributed by atoms with E-state index in [1.807, 2.05) is 25.2 Å². The first kappa shape index (κ1) is 16.9. The Morgan fingerprint density at radius 2 is 2.04 bits per heavy atom. The van der Waals surface area contributed by atoms with Crippen molar-refractivity contribution in [3.63, 3.8) is 0 Å². The lowest BCUT2D eigenvalue weighted by atomic mass is 10.0. The second kappa shape index (κ2) is 7.27. The van der Waals surface area contributed by atoms with E-state index in [0.717, 1.165) is 16.6 Å². The number of primary amides is 1. The molecule has 6 heteroatoms. The smallest absolute Gasteiger partial charge is 0.250 e. The lowest BCUT2D eigenvalue weighted by molar-refractivity contribution is 0.100. The molecule has 0 aliphatic carbocycles. The predicted molar refractivity (Wildman–Crippen MR) is 97.0 cm³/mol. The summed E-state index contributed by atoms with van der Waals surface area (Å²) >= 11 is 0. The number of nitrogens with two attached hydrogens (primary N) is 1. The number of halogens is 1. The van der Waals surface area contributed by atoms with E-state index in [4.69, 9.17) is 5.73 Å². The second-order valence-electron chi connectivity index (χ2n) is 5.73. The van der Waals surface area contributed by atoms with Gasteiger partial charge in [-0.15, -0.1) is 0 Å². The summed E-state index contributed by atoms with van der Waals surface area (Å²) < 4.78 is 13.6. The first-order valence-corrected chi connectivity index (χ1v) is 7.94. The van der Waals surface area contributed by atoms with Crippen molar-refractivity contribution in [3.8, 4) is 0 Å². The molecule has 0 aliphatic heterocycles. The van der Waals surface area contributed by atoms with E-state index < -0.39 is 5.91 Å². The summed E-state index contributed by atoms with van der Waals surface area (Å²) in [5, 5.41) is 7.31. The average Bonchev–Trinajstić information content (AvgIpc) is 2.61. The molecule has 0 saturated carbocycles. The van der Waals surface area contributed by atoms with Crippen molar-refractivity contribution in [2.24, 2.45) is 5.73 Å². The fraction of sp³-hybridized carbons (Fsp3) is 0.158. The van der Waals surface area contributed by atoms with E-state index >= 15 is 0 Å². The highest BCUT2D eigenvalue weighted by Crippen LogP contribution is 2.27. The Bertz CT molecular complexity index is 913. The number of hydrogen-bond acceptors (Lipinski definition) is 4. The maximum absolute atomic E-state index is 13.6. The van der Waals surface area contributed by atoms with Crippen molar-refractivity contribution in [2.45, 2.75) is 6.04 Å². The quantitative estimate of drug-likeness (QED) is 0.646. The summed E-state index contributed by atoms with van der Waals surface area (Å²) in [5.74, 6) is -0.803. The third kappa shape index (κ3) is 3.59. The van der Waals surface area contributed by atoms with Crippen LogP contribution in [0.4, 0.5) is 10.1 Å². The molecule has 2 aromatic carbocycles. The van der Waals surface area contributed by atoms with Crippen LogP contribution in [0, 0.1) is 5.82 Å². The molecule has 0 fully saturated rings. The standard InChI is InChI=1S/C19H19FN4O/c1-22-11-17(12-4-2-5-13(20)10-12)24-16-8-9-23-18-14(16)6-3-7-15(18)19(21)25/h2-10,17,22H,11H2,1H3,(H2,21,25)(H,23,24)/t17-/m1/s1. The van der Waals surface area contributed by atoms with Gasteiger partial charge in [0.2, 0.25) is 0 Å². The van der Waals surface area contributed by atoms with Gasteiger partial charge in [0, 0.05) is 23.8 Å². The third-order valence-electron chi connectivity index (χ3n) is 4.03. The maximum Gasteiger partial charge on any atom is 0.250 e. The van der Waals surface area contributed by atoms with E-state index in [0.29, 0.717) is 17.6 Å². The van der Waals surface area contributed by atoms with Gasteiger partial charge in [-0.2, -0.15) is 0 Å². The number of aromatic nitrogens is 1. The highest BCUT2D eigenvalue weighted by Gasteiger charge is 2.15. The molecule has 0 saturated heterocycles. The van der Waals surface area contributed by atoms with Gasteiger partial charge in [-0.3, -0.25) is 9.78 Å². The van der Waals surface area contributed by atoms with Crippen molar-refractivity contribution in [1.29, 1.82) is 0 Å². The lowest BCUT2D eigenvalue weighted by Crippen LogP contribution is -2.24. The number of anilines is 1. The molecule has 25 heavy (non-hydrogen) atoms. The minimum atomic E-state index is -0.521. The van der Waals surface area contributed by atoms with Crippen LogP contribution in [0.15, 0.2) is 54.7 Å². The van der Waals surface area contributed by atoms with Crippen LogP contribution in [-0.4, -0.2) is 24.5 Å². The zero-order valence-electron chi connectivity index (χ0n) is 13.8. The van der Waals surface area contributed by atoms with Crippen LogP contribution in [0.25, 0.3) is 10.9 Å². The first-order chi connectivity index (χ1) is 12.1. The Balaban J connectivity index is 2.03. The van der Waals surface area contributed by atoms with Crippen LogP contribution in [0.5, 0.6) is 0 Å². The van der Waals surface area contributed by atoms with Gasteiger partial charge in [0.05, 0.1) is 17.1 Å². The van der Waals surface area contributed by atoms with Gasteiger partial charge in [0.1, 0.15) is 5.82 Å². The van der Waals surface area contributed by atoms with Crippen molar-refractivity contribution >= 4 is 22.5 Å². The molecule has 0 spiro atoms. The number of nitrogens with one attached hydrogen (secondary N) is 2. The summed E-state index contributed by atoms with van der Waals surface area (Å²) in [6, 6.07) is 13.5. The Morgan fingerprint density at radius 1 is 1.24 bits per heavy atom. The highest BCUT2D eigenvalue weighted by atomic mass is 19.1. The van der Waals surface area contributed by atoms with Crippen LogP contribution in [0.3, 0.4) is 0 Å². The van der Waals surface area contributed by atoms with E-state index in [1.54, 1.807) is 24.4 Å². The van der Waals surface area contributed by atoms with Gasteiger partial charge in [-0.25, -0.2) is 4.39 Å². The van der Waals surface area contributed by atoms with Crippen LogP contribution < -0.4 is 16.4 Å². The van der Waals surface area contributed by atoms with Gasteiger partial charge >= 0.3 is 0 Å². The number of carbonyl (C=O) groups is 1. The molecule has 0 radical (unpaired) electrons. The van der Waals surface area contributed by atoms with Crippen LogP contribution in [-0.2, 0) is 0 Å². The maximum atomic E-state index is 13.6. The number of amides is 1. The molecular weight excluding hydrogens is 319 g/mol. The molecule has 3 rings (SSSR count). The van der Waals surface area contributed by atoms with Crippen LogP contribution in [0.1, 0.15) is 22.0 Å². The Labute approximate surface area is 145 Å². The number of likely N-dealkylation sites (N-methyl/N-ethyl adjacent to an activating group) is 1. The zero-order valence-corrected chi connectivity index (χ0v) is 13.8. The number of fused-ring (bicyclic) bond motifs is 1. The van der Waals surface area contributed by atoms with Crippen molar-refractivity contribution < 1.29 is 9.18 Å². The van der Waals surface area contributed by atoms with E-state index in [-0.39, 0.29) is 11.9 Å². The average molecular weight is 338 g/mol. The minimum absolute atomic E-state index is 0.150. The monoisotopic (exact) mass is 338 g/mol. The largest absolute Gasteiger partial charge is 0.376 e. The number of benzene rings is 2. The topological polar surface area (TPSA) is 80.0 Å². The second-order valence-corrected chi connectivity index (χ2v) is 5.73. The number of carbonyl (C=O) groups excluding carboxylic acids is 1. The number of rotatable bonds is 6. The van der Waals surface area contributed by atoms with Crippen molar-refractivity contribution in [3.05, 3.63) is 71.7 Å². The predicted octanol–water partition coefficient (Wildman–Crippen LogP) is 2.85. The third-order valence-corrected chi connectivity index (χ3v) is 4.03. The number of nitrogens with zero attached hydrogens (tertiary/aromatic N) is 1. The Morgan fingerprint density at radius 3 is 2.76 bits per heavy atom. The van der Waals surface area contributed by atoms with E-state index in [1.165, 1.54) is 12.1 Å². The molecule has 1 amide bonds. The summed E-state index contributed by atoms with van der Waals surface area (Å²) in [5.41, 5.74) is 7.98. The molecule has 3 aromatic rings. The Kier molecular flexibility index (Phi) is 4.90. The van der Waals surface area contributed by atoms with Gasteiger partial charge in [0.25, 0.3) is 5.91 Å². The summed E-state index contributed by atoms with van der Waals surface area (Å²) in [6.07, 6.45) is 1.62. The van der Waals surface area contributed by atoms with Crippen molar-refractivity contribution in [2.75, 3.05) is 18.9 Å². The molecule has 128 valence electrons. The number of hydrogen-bond donors (Lipinski definition) is 3. The van der Waals surface area contributed by atoms with E-state index in [2.05, 4.69) is 15.6 Å². The Hall–Kier alpha value is -2.99. The molecule has 1 aromatic heterocycles. The van der Waals surface area contributed by atoms with Crippen molar-refractivity contribution in [1.82, 2.24) is 10.3 Å². The summed E-state index contributed by atoms with van der Waals surface area (Å²) in [4.78, 5) is 15.9. The molecule has 0 bridgehead atoms. The summed E-state index contributed by atoms with van der Waals surface area (Å²) in [6.45, 7) is 0.600. The zero-order chi connectivity index (χ0) is 17.8. The highest BCUT2D eigenvalue weighted by molar-refractivity contribution is 6.07. The van der Waals surface area contributed by atoms with Gasteiger partial charge in [0.15, 0.2) is 0 Å². The number of para-hydroxylation sites is 1. The fourth-order valence-electron chi connectivity index (χ4n) is 2.87. The van der Waals surface area contributed by atoms with Gasteiger partial charge < -0.3 is 16.4 Å². The van der Waals surface area contributed by atoms with E-state index in [9.17, 15) is 9.18 Å². The molecule has 0 aliphatic rings. The SMILES string of the molecule is CNC[C@@H](Nc1ccnc2c(C(N)=O)cccc12)c1cccc(F)c1.